The van der Waals surface area contributed by atoms with Gasteiger partial charge in [0.25, 0.3) is 0 Å². The summed E-state index contributed by atoms with van der Waals surface area (Å²) in [6, 6.07) is 0. The van der Waals surface area contributed by atoms with Gasteiger partial charge in [0.05, 0.1) is 13.7 Å². The molecule has 2 radical (unpaired) electrons. The highest BCUT2D eigenvalue weighted by Crippen LogP contribution is 1.69. The first-order valence-corrected chi connectivity index (χ1v) is 1.73. The van der Waals surface area contributed by atoms with Crippen molar-refractivity contribution in [3.8, 4) is 0 Å². The highest BCUT2D eigenvalue weighted by atomic mass is 16.5. The maximum absolute atomic E-state index is 4.41. The van der Waals surface area contributed by atoms with E-state index < -0.39 is 0 Å². The van der Waals surface area contributed by atoms with Crippen molar-refractivity contribution >= 4 is 0 Å². The second kappa shape index (κ2) is 4.70. The fourth-order valence-electron chi connectivity index (χ4n) is 0.136. The SMILES string of the molecule is [CH2]C=CCO[CH2]. The molecular formula is C5H8O. The molecule has 0 unspecified atom stereocenters. The van der Waals surface area contributed by atoms with Crippen LogP contribution in [0.1, 0.15) is 0 Å². The molecule has 0 fully saturated rings. The van der Waals surface area contributed by atoms with E-state index in [0.29, 0.717) is 6.61 Å². The Kier molecular flexibility index (Phi) is 4.46. The molecule has 0 aromatic heterocycles. The van der Waals surface area contributed by atoms with Crippen LogP contribution in [0.15, 0.2) is 12.2 Å². The van der Waals surface area contributed by atoms with E-state index in [1.165, 1.54) is 0 Å². The topological polar surface area (TPSA) is 9.23 Å². The number of rotatable bonds is 2. The summed E-state index contributed by atoms with van der Waals surface area (Å²) in [5, 5.41) is 0. The van der Waals surface area contributed by atoms with Crippen LogP contribution in [0.3, 0.4) is 0 Å². The third kappa shape index (κ3) is 3.70. The normalized spacial score (nSPS) is 10.3. The summed E-state index contributed by atoms with van der Waals surface area (Å²) in [5.74, 6) is 0. The van der Waals surface area contributed by atoms with Gasteiger partial charge < -0.3 is 4.74 Å². The lowest BCUT2D eigenvalue weighted by Crippen LogP contribution is -1.74. The van der Waals surface area contributed by atoms with Crippen LogP contribution < -0.4 is 0 Å². The Morgan fingerprint density at radius 2 is 2.33 bits per heavy atom. The quantitative estimate of drug-likeness (QED) is 0.488. The fraction of sp³-hybridized carbons (Fsp3) is 0.200. The summed E-state index contributed by atoms with van der Waals surface area (Å²) in [7, 11) is 3.14. The Hall–Kier alpha value is -0.300. The highest BCUT2D eigenvalue weighted by Gasteiger charge is 1.62. The minimum Gasteiger partial charge on any atom is -0.375 e. The summed E-state index contributed by atoms with van der Waals surface area (Å²) < 4.78 is 4.41. The van der Waals surface area contributed by atoms with Crippen molar-refractivity contribution in [1.82, 2.24) is 0 Å². The molecule has 0 aliphatic heterocycles. The Bertz CT molecular complexity index is 39.2. The maximum Gasteiger partial charge on any atom is 0.0704 e. The van der Waals surface area contributed by atoms with Gasteiger partial charge in [0.2, 0.25) is 0 Å². The smallest absolute Gasteiger partial charge is 0.0704 e. The zero-order valence-electron chi connectivity index (χ0n) is 3.68. The minimum absolute atomic E-state index is 0.559. The predicted octanol–water partition coefficient (Wildman–Crippen LogP) is 1.18. The molecule has 0 amide bonds. The lowest BCUT2D eigenvalue weighted by atomic mass is 10.6. The molecule has 0 aliphatic rings. The fourth-order valence-corrected chi connectivity index (χ4v) is 0.136. The van der Waals surface area contributed by atoms with Crippen molar-refractivity contribution in [2.24, 2.45) is 0 Å². The van der Waals surface area contributed by atoms with Crippen LogP contribution in [0.25, 0.3) is 0 Å². The van der Waals surface area contributed by atoms with Crippen LogP contribution in [-0.4, -0.2) is 6.61 Å². The first kappa shape index (κ1) is 5.70. The molecule has 0 N–H and O–H groups in total. The third-order valence-corrected chi connectivity index (χ3v) is 0.381. The van der Waals surface area contributed by atoms with Gasteiger partial charge in [-0.3, -0.25) is 0 Å². The standard InChI is InChI=1S/C5H8O/c1-3-4-5-6-2/h3-4H,1-2,5H2. The molecule has 0 aliphatic carbocycles. The first-order valence-electron chi connectivity index (χ1n) is 1.73. The van der Waals surface area contributed by atoms with Crippen molar-refractivity contribution in [2.75, 3.05) is 6.61 Å². The largest absolute Gasteiger partial charge is 0.375 e. The van der Waals surface area contributed by atoms with Crippen molar-refractivity contribution < 1.29 is 4.74 Å². The molecule has 0 spiro atoms. The summed E-state index contributed by atoms with van der Waals surface area (Å²) in [5.41, 5.74) is 0. The number of allylic oxidation sites excluding steroid dienone is 1. The van der Waals surface area contributed by atoms with Gasteiger partial charge >= 0.3 is 0 Å². The van der Waals surface area contributed by atoms with E-state index in [1.54, 1.807) is 12.2 Å². The lowest BCUT2D eigenvalue weighted by Gasteiger charge is -1.81. The van der Waals surface area contributed by atoms with Gasteiger partial charge in [-0.25, -0.2) is 0 Å². The second-order valence-corrected chi connectivity index (χ2v) is 0.842. The van der Waals surface area contributed by atoms with E-state index in [1.807, 2.05) is 0 Å². The molecule has 0 heterocycles. The molecular weight excluding hydrogens is 76.1 g/mol. The Morgan fingerprint density at radius 3 is 2.50 bits per heavy atom. The van der Waals surface area contributed by atoms with Crippen LogP contribution in [-0.2, 0) is 4.74 Å². The predicted molar refractivity (Wildman–Crippen MR) is 25.8 cm³/mol. The molecule has 0 bridgehead atoms. The van der Waals surface area contributed by atoms with Crippen molar-refractivity contribution in [3.05, 3.63) is 26.2 Å². The van der Waals surface area contributed by atoms with Crippen LogP contribution in [0.2, 0.25) is 0 Å². The van der Waals surface area contributed by atoms with E-state index in [4.69, 9.17) is 0 Å². The summed E-state index contributed by atoms with van der Waals surface area (Å²) in [4.78, 5) is 0. The molecule has 1 nitrogen and oxygen atoms in total. The zero-order valence-corrected chi connectivity index (χ0v) is 3.68. The monoisotopic (exact) mass is 84.1 g/mol. The average Bonchev–Trinajstić information content (AvgIpc) is 1.61. The van der Waals surface area contributed by atoms with Gasteiger partial charge in [-0.1, -0.05) is 12.2 Å². The van der Waals surface area contributed by atoms with Gasteiger partial charge in [-0.05, 0) is 6.92 Å². The zero-order chi connectivity index (χ0) is 4.83. The van der Waals surface area contributed by atoms with Crippen LogP contribution >= 0.6 is 0 Å². The van der Waals surface area contributed by atoms with Crippen LogP contribution in [0.5, 0.6) is 0 Å². The third-order valence-electron chi connectivity index (χ3n) is 0.381. The number of hydrogen-bond donors (Lipinski definition) is 0. The van der Waals surface area contributed by atoms with E-state index >= 15 is 0 Å². The lowest BCUT2D eigenvalue weighted by molar-refractivity contribution is 0.282. The second-order valence-electron chi connectivity index (χ2n) is 0.842. The molecule has 0 atom stereocenters. The van der Waals surface area contributed by atoms with Gasteiger partial charge in [0, 0.05) is 0 Å². The van der Waals surface area contributed by atoms with Gasteiger partial charge in [-0.15, -0.1) is 0 Å². The Labute approximate surface area is 38.6 Å². The number of hydrogen-bond acceptors (Lipinski definition) is 1. The Balaban J connectivity index is 2.66. The van der Waals surface area contributed by atoms with E-state index in [-0.39, 0.29) is 0 Å². The van der Waals surface area contributed by atoms with E-state index in [9.17, 15) is 0 Å². The first-order chi connectivity index (χ1) is 2.91. The molecule has 1 heteroatoms. The molecule has 0 saturated heterocycles. The Morgan fingerprint density at radius 1 is 1.67 bits per heavy atom. The molecule has 34 valence electrons. The van der Waals surface area contributed by atoms with Gasteiger partial charge in [0.1, 0.15) is 0 Å². The summed E-state index contributed by atoms with van der Waals surface area (Å²) >= 11 is 0. The van der Waals surface area contributed by atoms with Crippen LogP contribution in [0.4, 0.5) is 0 Å². The van der Waals surface area contributed by atoms with Gasteiger partial charge in [0.15, 0.2) is 0 Å². The molecule has 0 saturated carbocycles. The average molecular weight is 84.1 g/mol. The summed E-state index contributed by atoms with van der Waals surface area (Å²) in [6.45, 7) is 3.99. The van der Waals surface area contributed by atoms with E-state index in [2.05, 4.69) is 18.8 Å². The minimum atomic E-state index is 0.559. The maximum atomic E-state index is 4.41. The molecule has 0 aromatic rings. The molecule has 0 aromatic carbocycles. The van der Waals surface area contributed by atoms with Crippen molar-refractivity contribution in [1.29, 1.82) is 0 Å². The molecule has 0 rings (SSSR count). The summed E-state index contributed by atoms with van der Waals surface area (Å²) in [6.07, 6.45) is 3.46. The van der Waals surface area contributed by atoms with Crippen LogP contribution in [0, 0.1) is 14.0 Å². The van der Waals surface area contributed by atoms with Crippen molar-refractivity contribution in [3.63, 3.8) is 0 Å². The number of ether oxygens (including phenoxy) is 1. The van der Waals surface area contributed by atoms with Gasteiger partial charge in [-0.2, -0.15) is 0 Å². The van der Waals surface area contributed by atoms with Crippen molar-refractivity contribution in [2.45, 2.75) is 0 Å². The highest BCUT2D eigenvalue weighted by molar-refractivity contribution is 4.82. The molecule has 6 heavy (non-hydrogen) atoms. The van der Waals surface area contributed by atoms with E-state index in [0.717, 1.165) is 0 Å².